The van der Waals surface area contributed by atoms with Crippen LogP contribution in [-0.4, -0.2) is 48.4 Å². The van der Waals surface area contributed by atoms with Gasteiger partial charge in [0, 0.05) is 10.7 Å². The molecule has 10 heteroatoms. The molecule has 0 atom stereocenters. The summed E-state index contributed by atoms with van der Waals surface area (Å²) < 4.78 is 21.6. The van der Waals surface area contributed by atoms with Gasteiger partial charge in [0.05, 0.1) is 18.6 Å². The van der Waals surface area contributed by atoms with Crippen LogP contribution in [0.4, 0.5) is 10.5 Å². The number of esters is 2. The molecule has 2 aromatic heterocycles. The van der Waals surface area contributed by atoms with Crippen LogP contribution in [0.5, 0.6) is 0 Å². The van der Waals surface area contributed by atoms with E-state index in [1.807, 2.05) is 0 Å². The zero-order chi connectivity index (χ0) is 21.8. The number of rotatable bonds is 6. The van der Waals surface area contributed by atoms with Crippen molar-refractivity contribution in [2.24, 2.45) is 0 Å². The van der Waals surface area contributed by atoms with Gasteiger partial charge in [0.1, 0.15) is 17.8 Å². The van der Waals surface area contributed by atoms with Gasteiger partial charge in [0.25, 0.3) is 0 Å². The Balaban J connectivity index is 2.62. The number of hydrogen-bond donors (Lipinski definition) is 0. The number of halogens is 1. The zero-order valence-electron chi connectivity index (χ0n) is 16.9. The number of furan rings is 1. The van der Waals surface area contributed by atoms with Crippen molar-refractivity contribution < 1.29 is 33.0 Å². The average molecular weight is 471 g/mol. The quantitative estimate of drug-likeness (QED) is 0.458. The fourth-order valence-corrected chi connectivity index (χ4v) is 2.82. The number of carbonyl (C=O) groups is 3. The normalized spacial score (nSPS) is 11.2. The number of nitrogens with zero attached hydrogens (tertiary/aromatic N) is 2. The van der Waals surface area contributed by atoms with E-state index in [0.717, 1.165) is 4.90 Å². The van der Waals surface area contributed by atoms with Crippen LogP contribution in [0, 0.1) is 0 Å². The SMILES string of the molecule is CCOC(=O)c1oc2ncc(Br)cc2c1N(CC(=O)OC(C)(C)C)C(=O)OCC. The lowest BCUT2D eigenvalue weighted by molar-refractivity contribution is -0.152. The van der Waals surface area contributed by atoms with E-state index >= 15 is 0 Å². The van der Waals surface area contributed by atoms with Crippen LogP contribution in [0.3, 0.4) is 0 Å². The summed E-state index contributed by atoms with van der Waals surface area (Å²) in [5.74, 6) is -1.74. The highest BCUT2D eigenvalue weighted by atomic mass is 79.9. The number of hydrogen-bond acceptors (Lipinski definition) is 8. The van der Waals surface area contributed by atoms with Gasteiger partial charge in [-0.15, -0.1) is 0 Å². The Morgan fingerprint density at radius 1 is 1.17 bits per heavy atom. The molecule has 0 saturated heterocycles. The predicted octanol–water partition coefficient (Wildman–Crippen LogP) is 4.07. The summed E-state index contributed by atoms with van der Waals surface area (Å²) in [5.41, 5.74) is -0.633. The molecule has 0 bridgehead atoms. The number of fused-ring (bicyclic) bond motifs is 1. The summed E-state index contributed by atoms with van der Waals surface area (Å²) >= 11 is 3.30. The summed E-state index contributed by atoms with van der Waals surface area (Å²) in [7, 11) is 0. The third-order valence-corrected chi connectivity index (χ3v) is 3.85. The second-order valence-electron chi connectivity index (χ2n) is 6.88. The van der Waals surface area contributed by atoms with Gasteiger partial charge in [0.15, 0.2) is 0 Å². The molecule has 0 aromatic carbocycles. The second kappa shape index (κ2) is 9.25. The average Bonchev–Trinajstić information content (AvgIpc) is 2.97. The third kappa shape index (κ3) is 5.69. The van der Waals surface area contributed by atoms with Crippen LogP contribution in [0.15, 0.2) is 21.2 Å². The van der Waals surface area contributed by atoms with Crippen molar-refractivity contribution >= 4 is 50.7 Å². The Kier molecular flexibility index (Phi) is 7.23. The van der Waals surface area contributed by atoms with Crippen molar-refractivity contribution in [1.29, 1.82) is 0 Å². The first-order valence-electron chi connectivity index (χ1n) is 8.98. The van der Waals surface area contributed by atoms with Gasteiger partial charge in [-0.2, -0.15) is 0 Å². The molecule has 2 rings (SSSR count). The lowest BCUT2D eigenvalue weighted by Crippen LogP contribution is -2.39. The summed E-state index contributed by atoms with van der Waals surface area (Å²) in [5, 5.41) is 0.332. The molecule has 2 heterocycles. The minimum Gasteiger partial charge on any atom is -0.460 e. The van der Waals surface area contributed by atoms with Crippen molar-refractivity contribution in [3.63, 3.8) is 0 Å². The molecule has 0 aliphatic carbocycles. The molecule has 0 unspecified atom stereocenters. The molecule has 0 spiro atoms. The van der Waals surface area contributed by atoms with Crippen LogP contribution in [-0.2, 0) is 19.0 Å². The van der Waals surface area contributed by atoms with Gasteiger partial charge >= 0.3 is 18.0 Å². The zero-order valence-corrected chi connectivity index (χ0v) is 18.5. The fraction of sp³-hybridized carbons (Fsp3) is 0.474. The number of anilines is 1. The molecule has 0 saturated carbocycles. The minimum absolute atomic E-state index is 0.0246. The van der Waals surface area contributed by atoms with E-state index in [1.165, 1.54) is 6.20 Å². The molecule has 29 heavy (non-hydrogen) atoms. The Bertz CT molecular complexity index is 917. The van der Waals surface area contributed by atoms with Gasteiger partial charge in [-0.05, 0) is 56.6 Å². The van der Waals surface area contributed by atoms with E-state index in [4.69, 9.17) is 18.6 Å². The Morgan fingerprint density at radius 2 is 1.83 bits per heavy atom. The largest absolute Gasteiger partial charge is 0.460 e. The number of carbonyl (C=O) groups excluding carboxylic acids is 3. The molecular weight excluding hydrogens is 448 g/mol. The highest BCUT2D eigenvalue weighted by molar-refractivity contribution is 9.10. The van der Waals surface area contributed by atoms with Crippen LogP contribution < -0.4 is 4.90 Å². The standard InChI is InChI=1S/C19H23BrN2O7/c1-6-26-17(24)15-14(12-8-11(20)9-21-16(12)28-15)22(18(25)27-7-2)10-13(23)29-19(3,4)5/h8-9H,6-7,10H2,1-5H3. The van der Waals surface area contributed by atoms with Crippen LogP contribution in [0.1, 0.15) is 45.2 Å². The first kappa shape index (κ1) is 22.7. The number of ether oxygens (including phenoxy) is 3. The highest BCUT2D eigenvalue weighted by Crippen LogP contribution is 2.35. The smallest absolute Gasteiger partial charge is 0.414 e. The molecule has 9 nitrogen and oxygen atoms in total. The molecule has 1 amide bonds. The van der Waals surface area contributed by atoms with E-state index in [1.54, 1.807) is 40.7 Å². The van der Waals surface area contributed by atoms with E-state index in [2.05, 4.69) is 20.9 Å². The first-order chi connectivity index (χ1) is 13.6. The van der Waals surface area contributed by atoms with E-state index in [0.29, 0.717) is 9.86 Å². The monoisotopic (exact) mass is 470 g/mol. The molecule has 2 aromatic rings. The van der Waals surface area contributed by atoms with Gasteiger partial charge in [-0.25, -0.2) is 14.6 Å². The van der Waals surface area contributed by atoms with E-state index in [9.17, 15) is 14.4 Å². The predicted molar refractivity (Wildman–Crippen MR) is 108 cm³/mol. The van der Waals surface area contributed by atoms with Gasteiger partial charge in [0.2, 0.25) is 11.5 Å². The maximum absolute atomic E-state index is 12.7. The van der Waals surface area contributed by atoms with E-state index < -0.39 is 30.2 Å². The van der Waals surface area contributed by atoms with Crippen LogP contribution >= 0.6 is 15.9 Å². The summed E-state index contributed by atoms with van der Waals surface area (Å²) in [6, 6.07) is 1.62. The van der Waals surface area contributed by atoms with E-state index in [-0.39, 0.29) is 30.4 Å². The van der Waals surface area contributed by atoms with Crippen LogP contribution in [0.2, 0.25) is 0 Å². The minimum atomic E-state index is -0.841. The first-order valence-corrected chi connectivity index (χ1v) is 9.78. The number of aromatic nitrogens is 1. The Hall–Kier alpha value is -2.62. The fourth-order valence-electron chi connectivity index (χ4n) is 2.49. The van der Waals surface area contributed by atoms with Crippen molar-refractivity contribution in [3.05, 3.63) is 22.5 Å². The maximum Gasteiger partial charge on any atom is 0.414 e. The lowest BCUT2D eigenvalue weighted by atomic mass is 10.2. The third-order valence-electron chi connectivity index (χ3n) is 3.41. The molecule has 0 fully saturated rings. The number of amides is 1. The van der Waals surface area contributed by atoms with Crippen molar-refractivity contribution in [3.8, 4) is 0 Å². The topological polar surface area (TPSA) is 108 Å². The van der Waals surface area contributed by atoms with Crippen molar-refractivity contribution in [2.45, 2.75) is 40.2 Å². The van der Waals surface area contributed by atoms with Gasteiger partial charge in [-0.1, -0.05) is 0 Å². The van der Waals surface area contributed by atoms with Gasteiger partial charge in [-0.3, -0.25) is 9.69 Å². The van der Waals surface area contributed by atoms with Crippen LogP contribution in [0.25, 0.3) is 11.1 Å². The molecule has 0 aliphatic heterocycles. The highest BCUT2D eigenvalue weighted by Gasteiger charge is 2.33. The molecule has 0 aliphatic rings. The van der Waals surface area contributed by atoms with Crippen molar-refractivity contribution in [2.75, 3.05) is 24.7 Å². The van der Waals surface area contributed by atoms with Crippen molar-refractivity contribution in [1.82, 2.24) is 4.98 Å². The number of pyridine rings is 1. The summed E-state index contributed by atoms with van der Waals surface area (Å²) in [4.78, 5) is 42.7. The summed E-state index contributed by atoms with van der Waals surface area (Å²) in [6.45, 7) is 8.05. The summed E-state index contributed by atoms with van der Waals surface area (Å²) in [6.07, 6.45) is 0.638. The lowest BCUT2D eigenvalue weighted by Gasteiger charge is -2.24. The second-order valence-corrected chi connectivity index (χ2v) is 7.79. The van der Waals surface area contributed by atoms with Gasteiger partial charge < -0.3 is 18.6 Å². The molecular formula is C19H23BrN2O7. The Labute approximate surface area is 176 Å². The Morgan fingerprint density at radius 3 is 2.41 bits per heavy atom. The maximum atomic E-state index is 12.7. The molecule has 0 radical (unpaired) electrons. The molecule has 158 valence electrons. The molecule has 0 N–H and O–H groups in total.